The number of benzene rings is 2. The summed E-state index contributed by atoms with van der Waals surface area (Å²) in [5.74, 6) is -1.97. The maximum Gasteiger partial charge on any atom is 0.234 e. The van der Waals surface area contributed by atoms with Crippen molar-refractivity contribution in [1.29, 1.82) is 0 Å². The molecule has 0 radical (unpaired) electrons. The van der Waals surface area contributed by atoms with Crippen LogP contribution in [-0.4, -0.2) is 26.8 Å². The van der Waals surface area contributed by atoms with Crippen LogP contribution >= 0.6 is 11.8 Å². The van der Waals surface area contributed by atoms with E-state index in [1.807, 2.05) is 24.3 Å². The first-order valence-electron chi connectivity index (χ1n) is 7.95. The Hall–Kier alpha value is -2.74. The van der Waals surface area contributed by atoms with E-state index in [-0.39, 0.29) is 11.4 Å². The summed E-state index contributed by atoms with van der Waals surface area (Å²) in [6.45, 7) is 2.08. The molecule has 2 N–H and O–H groups in total. The third kappa shape index (κ3) is 4.26. The molecular formula is C18H16F2N4OS. The summed E-state index contributed by atoms with van der Waals surface area (Å²) < 4.78 is 26.7. The lowest BCUT2D eigenvalue weighted by Gasteiger charge is -2.05. The lowest BCUT2D eigenvalue weighted by Crippen LogP contribution is -2.15. The number of aromatic nitrogens is 3. The Bertz CT molecular complexity index is 912. The van der Waals surface area contributed by atoms with Gasteiger partial charge in [0.2, 0.25) is 5.91 Å². The summed E-state index contributed by atoms with van der Waals surface area (Å²) >= 11 is 1.12. The molecular weight excluding hydrogens is 358 g/mol. The number of rotatable bonds is 6. The van der Waals surface area contributed by atoms with Crippen LogP contribution in [-0.2, 0) is 11.2 Å². The standard InChI is InChI=1S/C18H16F2N4OS/c1-2-11-6-8-12(9-7-11)17-22-18(24-23-17)26-10-15(25)21-14-5-3-4-13(19)16(14)20/h3-9H,2,10H2,1H3,(H,21,25)(H,22,23,24). The summed E-state index contributed by atoms with van der Waals surface area (Å²) in [5.41, 5.74) is 1.93. The second-order valence-corrected chi connectivity index (χ2v) is 6.43. The number of amides is 1. The van der Waals surface area contributed by atoms with Crippen LogP contribution in [0.5, 0.6) is 0 Å². The van der Waals surface area contributed by atoms with Crippen molar-refractivity contribution in [2.24, 2.45) is 0 Å². The maximum atomic E-state index is 13.5. The van der Waals surface area contributed by atoms with Gasteiger partial charge >= 0.3 is 0 Å². The van der Waals surface area contributed by atoms with Crippen molar-refractivity contribution in [1.82, 2.24) is 15.2 Å². The lowest BCUT2D eigenvalue weighted by molar-refractivity contribution is -0.113. The molecule has 0 bridgehead atoms. The quantitative estimate of drug-likeness (QED) is 0.639. The van der Waals surface area contributed by atoms with Crippen molar-refractivity contribution in [3.05, 3.63) is 59.7 Å². The number of anilines is 1. The smallest absolute Gasteiger partial charge is 0.234 e. The zero-order valence-corrected chi connectivity index (χ0v) is 14.7. The summed E-state index contributed by atoms with van der Waals surface area (Å²) in [5, 5.41) is 10.9. The Labute approximate surface area is 153 Å². The molecule has 1 heterocycles. The summed E-state index contributed by atoms with van der Waals surface area (Å²) in [6.07, 6.45) is 0.957. The number of halogens is 2. The predicted molar refractivity (Wildman–Crippen MR) is 96.9 cm³/mol. The van der Waals surface area contributed by atoms with E-state index in [0.717, 1.165) is 29.8 Å². The van der Waals surface area contributed by atoms with Gasteiger partial charge in [-0.25, -0.2) is 8.78 Å². The van der Waals surface area contributed by atoms with E-state index in [0.29, 0.717) is 11.0 Å². The number of hydrogen-bond donors (Lipinski definition) is 2. The van der Waals surface area contributed by atoms with Crippen LogP contribution in [0.15, 0.2) is 47.6 Å². The number of aryl methyl sites for hydroxylation is 1. The fourth-order valence-electron chi connectivity index (χ4n) is 2.26. The Morgan fingerprint density at radius 1 is 1.15 bits per heavy atom. The van der Waals surface area contributed by atoms with Gasteiger partial charge in [-0.05, 0) is 24.1 Å². The molecule has 134 valence electrons. The molecule has 0 aliphatic carbocycles. The van der Waals surface area contributed by atoms with Gasteiger partial charge in [-0.15, -0.1) is 10.2 Å². The van der Waals surface area contributed by atoms with E-state index in [2.05, 4.69) is 27.4 Å². The fraction of sp³-hybridized carbons (Fsp3) is 0.167. The van der Waals surface area contributed by atoms with Crippen LogP contribution < -0.4 is 5.32 Å². The van der Waals surface area contributed by atoms with Crippen molar-refractivity contribution in [3.63, 3.8) is 0 Å². The minimum absolute atomic E-state index is 0.0145. The largest absolute Gasteiger partial charge is 0.323 e. The van der Waals surface area contributed by atoms with Crippen LogP contribution in [0.25, 0.3) is 11.4 Å². The van der Waals surface area contributed by atoms with Crippen molar-refractivity contribution in [3.8, 4) is 11.4 Å². The highest BCUT2D eigenvalue weighted by Crippen LogP contribution is 2.21. The van der Waals surface area contributed by atoms with Gasteiger partial charge in [0.25, 0.3) is 0 Å². The number of carbonyl (C=O) groups is 1. The van der Waals surface area contributed by atoms with E-state index >= 15 is 0 Å². The van der Waals surface area contributed by atoms with Gasteiger partial charge in [0.1, 0.15) is 0 Å². The molecule has 26 heavy (non-hydrogen) atoms. The normalized spacial score (nSPS) is 10.7. The van der Waals surface area contributed by atoms with Crippen LogP contribution in [0.2, 0.25) is 0 Å². The van der Waals surface area contributed by atoms with Crippen LogP contribution in [0.4, 0.5) is 14.5 Å². The van der Waals surface area contributed by atoms with Crippen LogP contribution in [0.1, 0.15) is 12.5 Å². The molecule has 5 nitrogen and oxygen atoms in total. The molecule has 8 heteroatoms. The van der Waals surface area contributed by atoms with Gasteiger partial charge in [0, 0.05) is 5.56 Å². The second-order valence-electron chi connectivity index (χ2n) is 5.47. The molecule has 3 aromatic rings. The molecule has 0 spiro atoms. The van der Waals surface area contributed by atoms with Crippen LogP contribution in [0.3, 0.4) is 0 Å². The first kappa shape index (κ1) is 18.1. The lowest BCUT2D eigenvalue weighted by atomic mass is 10.1. The molecule has 0 unspecified atom stereocenters. The summed E-state index contributed by atoms with van der Waals surface area (Å²) in [4.78, 5) is 14.9. The minimum atomic E-state index is -1.08. The van der Waals surface area contributed by atoms with Gasteiger partial charge in [-0.3, -0.25) is 4.79 Å². The monoisotopic (exact) mass is 374 g/mol. The number of carbonyl (C=O) groups excluding carboxylic acids is 1. The van der Waals surface area contributed by atoms with E-state index < -0.39 is 17.5 Å². The van der Waals surface area contributed by atoms with E-state index in [1.165, 1.54) is 17.7 Å². The van der Waals surface area contributed by atoms with Gasteiger partial charge in [0.05, 0.1) is 11.4 Å². The van der Waals surface area contributed by atoms with Gasteiger partial charge in [-0.1, -0.05) is 49.0 Å². The number of thioether (sulfide) groups is 1. The molecule has 0 saturated carbocycles. The van der Waals surface area contributed by atoms with E-state index in [1.54, 1.807) is 0 Å². The number of aromatic amines is 1. The Morgan fingerprint density at radius 2 is 1.92 bits per heavy atom. The van der Waals surface area contributed by atoms with E-state index in [4.69, 9.17) is 0 Å². The van der Waals surface area contributed by atoms with E-state index in [9.17, 15) is 13.6 Å². The number of nitrogens with zero attached hydrogens (tertiary/aromatic N) is 2. The summed E-state index contributed by atoms with van der Waals surface area (Å²) in [6, 6.07) is 11.6. The number of hydrogen-bond acceptors (Lipinski definition) is 4. The topological polar surface area (TPSA) is 70.7 Å². The summed E-state index contributed by atoms with van der Waals surface area (Å²) in [7, 11) is 0. The van der Waals surface area contributed by atoms with Crippen molar-refractivity contribution in [2.45, 2.75) is 18.5 Å². The molecule has 0 saturated heterocycles. The number of H-pyrrole nitrogens is 1. The highest BCUT2D eigenvalue weighted by molar-refractivity contribution is 7.99. The molecule has 0 atom stereocenters. The van der Waals surface area contributed by atoms with Crippen molar-refractivity contribution < 1.29 is 13.6 Å². The Kier molecular flexibility index (Phi) is 5.62. The van der Waals surface area contributed by atoms with Crippen molar-refractivity contribution >= 4 is 23.4 Å². The number of nitrogens with one attached hydrogen (secondary N) is 2. The fourth-order valence-corrected chi connectivity index (χ4v) is 2.87. The predicted octanol–water partition coefficient (Wildman–Crippen LogP) is 4.04. The molecule has 2 aromatic carbocycles. The zero-order chi connectivity index (χ0) is 18.5. The molecule has 1 aromatic heterocycles. The maximum absolute atomic E-state index is 13.5. The molecule has 3 rings (SSSR count). The average molecular weight is 374 g/mol. The Morgan fingerprint density at radius 3 is 2.65 bits per heavy atom. The Balaban J connectivity index is 1.59. The highest BCUT2D eigenvalue weighted by atomic mass is 32.2. The molecule has 0 aliphatic rings. The van der Waals surface area contributed by atoms with Gasteiger partial charge < -0.3 is 10.3 Å². The molecule has 1 amide bonds. The SMILES string of the molecule is CCc1ccc(-c2nnc(SCC(=O)Nc3cccc(F)c3F)[nH]2)cc1. The third-order valence-electron chi connectivity index (χ3n) is 3.67. The zero-order valence-electron chi connectivity index (χ0n) is 13.9. The van der Waals surface area contributed by atoms with Crippen LogP contribution in [0, 0.1) is 11.6 Å². The van der Waals surface area contributed by atoms with Gasteiger partial charge in [-0.2, -0.15) is 0 Å². The average Bonchev–Trinajstić information content (AvgIpc) is 3.13. The third-order valence-corrected chi connectivity index (χ3v) is 4.53. The second kappa shape index (κ2) is 8.09. The first-order valence-corrected chi connectivity index (χ1v) is 8.94. The molecule has 0 fully saturated rings. The highest BCUT2D eigenvalue weighted by Gasteiger charge is 2.12. The van der Waals surface area contributed by atoms with Crippen molar-refractivity contribution in [2.75, 3.05) is 11.1 Å². The minimum Gasteiger partial charge on any atom is -0.323 e. The molecule has 0 aliphatic heterocycles. The first-order chi connectivity index (χ1) is 12.6. The van der Waals surface area contributed by atoms with Gasteiger partial charge in [0.15, 0.2) is 22.6 Å².